The van der Waals surface area contributed by atoms with Crippen molar-refractivity contribution in [2.24, 2.45) is 7.05 Å². The zero-order chi connectivity index (χ0) is 17.2. The van der Waals surface area contributed by atoms with Crippen molar-refractivity contribution in [1.29, 1.82) is 0 Å². The van der Waals surface area contributed by atoms with Crippen LogP contribution in [0, 0.1) is 0 Å². The van der Waals surface area contributed by atoms with Crippen LogP contribution in [0.4, 0.5) is 0 Å². The molecule has 1 aliphatic rings. The van der Waals surface area contributed by atoms with E-state index in [1.165, 1.54) is 4.31 Å². The Balaban J connectivity index is 2.29. The van der Waals surface area contributed by atoms with E-state index in [0.717, 1.165) is 30.8 Å². The zero-order valence-corrected chi connectivity index (χ0v) is 15.7. The molecule has 0 bridgehead atoms. The number of aryl methyl sites for hydroxylation is 1. The van der Waals surface area contributed by atoms with Gasteiger partial charge >= 0.3 is 0 Å². The lowest BCUT2D eigenvalue weighted by Crippen LogP contribution is -2.43. The molecule has 0 radical (unpaired) electrons. The van der Waals surface area contributed by atoms with Gasteiger partial charge in [0.05, 0.1) is 17.4 Å². The van der Waals surface area contributed by atoms with Gasteiger partial charge in [-0.25, -0.2) is 0 Å². The summed E-state index contributed by atoms with van der Waals surface area (Å²) >= 11 is 0. The molecule has 1 aromatic rings. The monoisotopic (exact) mass is 343 g/mol. The highest BCUT2D eigenvalue weighted by atomic mass is 32.2. The van der Waals surface area contributed by atoms with E-state index in [1.54, 1.807) is 4.31 Å². The molecule has 2 heterocycles. The van der Waals surface area contributed by atoms with Gasteiger partial charge in [0, 0.05) is 33.2 Å². The van der Waals surface area contributed by atoms with E-state index in [-0.39, 0.29) is 6.04 Å². The molecule has 0 aromatic carbocycles. The number of nitrogens with zero attached hydrogens (tertiary/aromatic N) is 5. The smallest absolute Gasteiger partial charge is 0.282 e. The summed E-state index contributed by atoms with van der Waals surface area (Å²) < 4.78 is 30.7. The van der Waals surface area contributed by atoms with E-state index < -0.39 is 10.2 Å². The molecule has 0 saturated carbocycles. The van der Waals surface area contributed by atoms with Crippen molar-refractivity contribution >= 4 is 10.2 Å². The topological polar surface area (TPSA) is 61.7 Å². The molecule has 0 unspecified atom stereocenters. The van der Waals surface area contributed by atoms with Crippen molar-refractivity contribution < 1.29 is 8.42 Å². The highest BCUT2D eigenvalue weighted by Crippen LogP contribution is 2.34. The average Bonchev–Trinajstić information content (AvgIpc) is 3.07. The molecular weight excluding hydrogens is 314 g/mol. The summed E-state index contributed by atoms with van der Waals surface area (Å²) in [7, 11) is 2.53. The standard InChI is InChI=1S/C15H29N5O2S/c1-6-19(7-2)23(21,22)20-10-8-9-15(20)14-11-13(12-17(3)4)18(5)16-14/h11,15H,6-10,12H2,1-5H3/t15-/m1/s1. The fourth-order valence-corrected chi connectivity index (χ4v) is 5.02. The van der Waals surface area contributed by atoms with Gasteiger partial charge < -0.3 is 4.90 Å². The minimum atomic E-state index is -3.42. The highest BCUT2D eigenvalue weighted by molar-refractivity contribution is 7.86. The first-order valence-electron chi connectivity index (χ1n) is 8.25. The Morgan fingerprint density at radius 3 is 2.52 bits per heavy atom. The van der Waals surface area contributed by atoms with Crippen LogP contribution in [0.2, 0.25) is 0 Å². The largest absolute Gasteiger partial charge is 0.304 e. The third-order valence-electron chi connectivity index (χ3n) is 4.35. The van der Waals surface area contributed by atoms with Crippen molar-refractivity contribution in [3.63, 3.8) is 0 Å². The van der Waals surface area contributed by atoms with Gasteiger partial charge in [0.2, 0.25) is 0 Å². The van der Waals surface area contributed by atoms with E-state index in [0.29, 0.717) is 19.6 Å². The normalized spacial score (nSPS) is 20.0. The molecule has 1 fully saturated rings. The maximum absolute atomic E-state index is 12.9. The van der Waals surface area contributed by atoms with Crippen molar-refractivity contribution in [3.8, 4) is 0 Å². The maximum atomic E-state index is 12.9. The lowest BCUT2D eigenvalue weighted by atomic mass is 10.1. The number of hydrogen-bond acceptors (Lipinski definition) is 4. The van der Waals surface area contributed by atoms with Crippen LogP contribution in [0.15, 0.2) is 6.07 Å². The summed E-state index contributed by atoms with van der Waals surface area (Å²) in [6.07, 6.45) is 1.71. The average molecular weight is 343 g/mol. The maximum Gasteiger partial charge on any atom is 0.282 e. The number of rotatable bonds is 7. The van der Waals surface area contributed by atoms with Gasteiger partial charge in [0.1, 0.15) is 0 Å². The van der Waals surface area contributed by atoms with Crippen LogP contribution >= 0.6 is 0 Å². The highest BCUT2D eigenvalue weighted by Gasteiger charge is 2.39. The van der Waals surface area contributed by atoms with E-state index in [1.807, 2.05) is 45.7 Å². The number of aromatic nitrogens is 2. The van der Waals surface area contributed by atoms with Gasteiger partial charge in [-0.05, 0) is 33.0 Å². The first-order valence-corrected chi connectivity index (χ1v) is 9.65. The molecule has 23 heavy (non-hydrogen) atoms. The van der Waals surface area contributed by atoms with Crippen LogP contribution < -0.4 is 0 Å². The SMILES string of the molecule is CCN(CC)S(=O)(=O)N1CCC[C@@H]1c1cc(CN(C)C)n(C)n1. The van der Waals surface area contributed by atoms with Crippen LogP contribution in [-0.4, -0.2) is 65.4 Å². The van der Waals surface area contributed by atoms with E-state index in [9.17, 15) is 8.42 Å². The summed E-state index contributed by atoms with van der Waals surface area (Å²) in [4.78, 5) is 2.08. The number of hydrogen-bond donors (Lipinski definition) is 0. The molecule has 0 N–H and O–H groups in total. The quantitative estimate of drug-likeness (QED) is 0.746. The van der Waals surface area contributed by atoms with Crippen LogP contribution in [0.1, 0.15) is 44.1 Å². The van der Waals surface area contributed by atoms with Gasteiger partial charge in [-0.15, -0.1) is 0 Å². The molecule has 7 nitrogen and oxygen atoms in total. The van der Waals surface area contributed by atoms with E-state index >= 15 is 0 Å². The fourth-order valence-electron chi connectivity index (χ4n) is 3.18. The Morgan fingerprint density at radius 1 is 1.30 bits per heavy atom. The molecular formula is C15H29N5O2S. The Kier molecular flexibility index (Phi) is 5.83. The Labute approximate surface area is 140 Å². The van der Waals surface area contributed by atoms with Crippen molar-refractivity contribution in [3.05, 3.63) is 17.5 Å². The van der Waals surface area contributed by atoms with Crippen molar-refractivity contribution in [2.75, 3.05) is 33.7 Å². The van der Waals surface area contributed by atoms with Gasteiger partial charge in [-0.2, -0.15) is 22.1 Å². The second-order valence-electron chi connectivity index (χ2n) is 6.28. The third-order valence-corrected chi connectivity index (χ3v) is 6.55. The van der Waals surface area contributed by atoms with Gasteiger partial charge in [-0.3, -0.25) is 4.68 Å². The van der Waals surface area contributed by atoms with E-state index in [4.69, 9.17) is 0 Å². The summed E-state index contributed by atoms with van der Waals surface area (Å²) in [6.45, 7) is 6.11. The molecule has 132 valence electrons. The molecule has 0 aliphatic carbocycles. The van der Waals surface area contributed by atoms with Gasteiger partial charge in [0.15, 0.2) is 0 Å². The lowest BCUT2D eigenvalue weighted by molar-refractivity contribution is 0.334. The van der Waals surface area contributed by atoms with Gasteiger partial charge in [-0.1, -0.05) is 13.8 Å². The second-order valence-corrected chi connectivity index (χ2v) is 8.16. The summed E-state index contributed by atoms with van der Waals surface area (Å²) in [5, 5.41) is 4.59. The lowest BCUT2D eigenvalue weighted by Gasteiger charge is -2.29. The molecule has 0 spiro atoms. The zero-order valence-electron chi connectivity index (χ0n) is 14.9. The summed E-state index contributed by atoms with van der Waals surface area (Å²) in [5.74, 6) is 0. The Hall–Kier alpha value is -0.960. The van der Waals surface area contributed by atoms with Crippen molar-refractivity contribution in [2.45, 2.75) is 39.3 Å². The summed E-state index contributed by atoms with van der Waals surface area (Å²) in [6, 6.07) is 1.89. The predicted molar refractivity (Wildman–Crippen MR) is 91.1 cm³/mol. The third kappa shape index (κ3) is 3.76. The first-order chi connectivity index (χ1) is 10.8. The van der Waals surface area contributed by atoms with Crippen LogP contribution in [0.5, 0.6) is 0 Å². The van der Waals surface area contributed by atoms with E-state index in [2.05, 4.69) is 10.00 Å². The molecule has 0 amide bonds. The summed E-state index contributed by atoms with van der Waals surface area (Å²) in [5.41, 5.74) is 1.95. The molecule has 1 aliphatic heterocycles. The minimum absolute atomic E-state index is 0.150. The predicted octanol–water partition coefficient (Wildman–Crippen LogP) is 1.21. The van der Waals surface area contributed by atoms with Crippen LogP contribution in [-0.2, 0) is 23.8 Å². The molecule has 1 aromatic heterocycles. The molecule has 2 rings (SSSR count). The Bertz CT molecular complexity index is 622. The van der Waals surface area contributed by atoms with Crippen molar-refractivity contribution in [1.82, 2.24) is 23.3 Å². The molecule has 8 heteroatoms. The van der Waals surface area contributed by atoms with Crippen LogP contribution in [0.3, 0.4) is 0 Å². The van der Waals surface area contributed by atoms with Crippen LogP contribution in [0.25, 0.3) is 0 Å². The van der Waals surface area contributed by atoms with Gasteiger partial charge in [0.25, 0.3) is 10.2 Å². The molecule has 1 saturated heterocycles. The second kappa shape index (κ2) is 7.29. The fraction of sp³-hybridized carbons (Fsp3) is 0.800. The molecule has 1 atom stereocenters. The Morgan fingerprint density at radius 2 is 1.96 bits per heavy atom. The minimum Gasteiger partial charge on any atom is -0.304 e. The first kappa shape index (κ1) is 18.4.